The van der Waals surface area contributed by atoms with Crippen LogP contribution in [0, 0.1) is 5.92 Å². The first-order chi connectivity index (χ1) is 15.3. The van der Waals surface area contributed by atoms with Crippen molar-refractivity contribution >= 4 is 18.3 Å². The highest BCUT2D eigenvalue weighted by atomic mass is 35.5. The molecule has 1 heterocycles. The van der Waals surface area contributed by atoms with Gasteiger partial charge in [-0.2, -0.15) is 0 Å². The van der Waals surface area contributed by atoms with E-state index in [-0.39, 0.29) is 23.9 Å². The second kappa shape index (κ2) is 11.0. The molecule has 7 nitrogen and oxygen atoms in total. The van der Waals surface area contributed by atoms with Crippen LogP contribution in [0.1, 0.15) is 43.1 Å². The Hall–Kier alpha value is -2.64. The molecule has 0 aromatic heterocycles. The van der Waals surface area contributed by atoms with Gasteiger partial charge in [0.05, 0.1) is 26.9 Å². The minimum atomic E-state index is -0.269. The lowest BCUT2D eigenvalue weighted by Crippen LogP contribution is -2.45. The molecule has 1 unspecified atom stereocenters. The van der Waals surface area contributed by atoms with Gasteiger partial charge < -0.3 is 29.6 Å². The predicted molar refractivity (Wildman–Crippen MR) is 132 cm³/mol. The number of benzene rings is 2. The van der Waals surface area contributed by atoms with Crippen LogP contribution in [-0.4, -0.2) is 50.8 Å². The standard InChI is InChI=1S/C25H34N2O5.ClH/c1-16-12-14-27(25(16,2)3)24(28)19-15-20(22(30-5)23(31-6)21(19)29-4)32-18-9-7-17(8-10-18)11-13-26;/h7-10,15-16H,11-14,26H2,1-6H3;1H. The maximum absolute atomic E-state index is 13.7. The van der Waals surface area contributed by atoms with Crippen molar-refractivity contribution < 1.29 is 23.7 Å². The van der Waals surface area contributed by atoms with Crippen LogP contribution in [0.2, 0.25) is 0 Å². The van der Waals surface area contributed by atoms with E-state index in [1.165, 1.54) is 21.3 Å². The van der Waals surface area contributed by atoms with Crippen molar-refractivity contribution in [3.63, 3.8) is 0 Å². The molecule has 0 aliphatic carbocycles. The van der Waals surface area contributed by atoms with Crippen molar-refractivity contribution in [1.29, 1.82) is 0 Å². The van der Waals surface area contributed by atoms with E-state index in [1.807, 2.05) is 29.2 Å². The molecule has 182 valence electrons. The van der Waals surface area contributed by atoms with E-state index in [9.17, 15) is 4.79 Å². The van der Waals surface area contributed by atoms with Crippen molar-refractivity contribution in [3.05, 3.63) is 41.5 Å². The zero-order valence-corrected chi connectivity index (χ0v) is 21.1. The fourth-order valence-electron chi connectivity index (χ4n) is 4.17. The number of hydrogen-bond acceptors (Lipinski definition) is 6. The van der Waals surface area contributed by atoms with Gasteiger partial charge in [0.1, 0.15) is 5.75 Å². The normalized spacial score (nSPS) is 16.7. The first-order valence-electron chi connectivity index (χ1n) is 10.9. The van der Waals surface area contributed by atoms with Crippen LogP contribution in [0.25, 0.3) is 0 Å². The summed E-state index contributed by atoms with van der Waals surface area (Å²) in [4.78, 5) is 15.6. The lowest BCUT2D eigenvalue weighted by atomic mass is 9.90. The van der Waals surface area contributed by atoms with E-state index in [4.69, 9.17) is 24.7 Å². The summed E-state index contributed by atoms with van der Waals surface area (Å²) in [6.07, 6.45) is 1.75. The Labute approximate surface area is 202 Å². The van der Waals surface area contributed by atoms with Crippen molar-refractivity contribution in [2.24, 2.45) is 11.7 Å². The summed E-state index contributed by atoms with van der Waals surface area (Å²) in [6, 6.07) is 9.35. The first kappa shape index (κ1) is 26.6. The summed E-state index contributed by atoms with van der Waals surface area (Å²) in [5.41, 5.74) is 6.87. The van der Waals surface area contributed by atoms with Crippen LogP contribution in [0.3, 0.4) is 0 Å². The lowest BCUT2D eigenvalue weighted by molar-refractivity contribution is 0.0607. The lowest BCUT2D eigenvalue weighted by Gasteiger charge is -2.35. The second-order valence-corrected chi connectivity index (χ2v) is 8.61. The van der Waals surface area contributed by atoms with Crippen molar-refractivity contribution in [2.75, 3.05) is 34.4 Å². The monoisotopic (exact) mass is 478 g/mol. The van der Waals surface area contributed by atoms with Gasteiger partial charge in [0.25, 0.3) is 5.91 Å². The molecule has 0 radical (unpaired) electrons. The number of rotatable bonds is 8. The quantitative estimate of drug-likeness (QED) is 0.592. The highest BCUT2D eigenvalue weighted by molar-refractivity contribution is 5.99. The van der Waals surface area contributed by atoms with E-state index in [0.29, 0.717) is 53.3 Å². The van der Waals surface area contributed by atoms with Gasteiger partial charge in [0, 0.05) is 18.2 Å². The van der Waals surface area contributed by atoms with E-state index in [0.717, 1.165) is 18.4 Å². The Morgan fingerprint density at radius 3 is 2.15 bits per heavy atom. The van der Waals surface area contributed by atoms with Gasteiger partial charge in [-0.1, -0.05) is 19.1 Å². The molecule has 1 aliphatic rings. The highest BCUT2D eigenvalue weighted by Crippen LogP contribution is 2.49. The number of amides is 1. The molecule has 2 aromatic carbocycles. The summed E-state index contributed by atoms with van der Waals surface area (Å²) in [6.45, 7) is 7.62. The maximum atomic E-state index is 13.7. The van der Waals surface area contributed by atoms with Gasteiger partial charge in [-0.05, 0) is 56.8 Å². The fraction of sp³-hybridized carbons (Fsp3) is 0.480. The molecule has 8 heteroatoms. The number of likely N-dealkylation sites (tertiary alicyclic amines) is 1. The van der Waals surface area contributed by atoms with Crippen LogP contribution in [0.15, 0.2) is 30.3 Å². The average molecular weight is 479 g/mol. The molecule has 2 N–H and O–H groups in total. The molecule has 3 rings (SSSR count). The predicted octanol–water partition coefficient (Wildman–Crippen LogP) is 4.69. The van der Waals surface area contributed by atoms with Gasteiger partial charge >= 0.3 is 0 Å². The number of hydrogen-bond donors (Lipinski definition) is 1. The average Bonchev–Trinajstić information content (AvgIpc) is 3.05. The molecule has 0 bridgehead atoms. The highest BCUT2D eigenvalue weighted by Gasteiger charge is 2.42. The third kappa shape index (κ3) is 5.14. The largest absolute Gasteiger partial charge is 0.492 e. The van der Waals surface area contributed by atoms with Gasteiger partial charge in [0.2, 0.25) is 11.5 Å². The Balaban J connectivity index is 0.00000385. The van der Waals surface area contributed by atoms with E-state index >= 15 is 0 Å². The minimum Gasteiger partial charge on any atom is -0.492 e. The number of carbonyl (C=O) groups is 1. The smallest absolute Gasteiger partial charge is 0.258 e. The molecule has 33 heavy (non-hydrogen) atoms. The van der Waals surface area contributed by atoms with E-state index in [1.54, 1.807) is 6.07 Å². The van der Waals surface area contributed by atoms with Gasteiger partial charge in [0.15, 0.2) is 11.5 Å². The summed E-state index contributed by atoms with van der Waals surface area (Å²) in [7, 11) is 4.56. The van der Waals surface area contributed by atoms with Crippen LogP contribution in [-0.2, 0) is 6.42 Å². The van der Waals surface area contributed by atoms with Crippen LogP contribution in [0.4, 0.5) is 0 Å². The number of nitrogens with two attached hydrogens (primary N) is 1. The Morgan fingerprint density at radius 2 is 1.67 bits per heavy atom. The molecule has 2 aromatic rings. The third-order valence-electron chi connectivity index (χ3n) is 6.52. The second-order valence-electron chi connectivity index (χ2n) is 8.61. The number of halogens is 1. The first-order valence-corrected chi connectivity index (χ1v) is 10.9. The van der Waals surface area contributed by atoms with Crippen LogP contribution >= 0.6 is 12.4 Å². The van der Waals surface area contributed by atoms with Crippen molar-refractivity contribution in [3.8, 4) is 28.7 Å². The van der Waals surface area contributed by atoms with Crippen molar-refractivity contribution in [1.82, 2.24) is 4.90 Å². The zero-order chi connectivity index (χ0) is 23.5. The summed E-state index contributed by atoms with van der Waals surface area (Å²) in [5, 5.41) is 0. The molecule has 1 aliphatic heterocycles. The third-order valence-corrected chi connectivity index (χ3v) is 6.52. The minimum absolute atomic E-state index is 0. The van der Waals surface area contributed by atoms with E-state index < -0.39 is 0 Å². The van der Waals surface area contributed by atoms with Crippen LogP contribution < -0.4 is 24.7 Å². The SMILES string of the molecule is COc1c(Oc2ccc(CCN)cc2)cc(C(=O)N2CCC(C)C2(C)C)c(OC)c1OC.Cl. The van der Waals surface area contributed by atoms with Crippen molar-refractivity contribution in [2.45, 2.75) is 39.2 Å². The number of carbonyl (C=O) groups excluding carboxylic acids is 1. The molecular weight excluding hydrogens is 444 g/mol. The molecule has 0 spiro atoms. The summed E-state index contributed by atoms with van der Waals surface area (Å²) < 4.78 is 22.9. The van der Waals surface area contributed by atoms with Crippen LogP contribution in [0.5, 0.6) is 28.7 Å². The van der Waals surface area contributed by atoms with Gasteiger partial charge in [-0.15, -0.1) is 12.4 Å². The molecule has 0 saturated carbocycles. The van der Waals surface area contributed by atoms with E-state index in [2.05, 4.69) is 20.8 Å². The molecule has 1 saturated heterocycles. The van der Waals surface area contributed by atoms with Gasteiger partial charge in [-0.3, -0.25) is 4.79 Å². The summed E-state index contributed by atoms with van der Waals surface area (Å²) in [5.74, 6) is 2.27. The molecule has 1 fully saturated rings. The number of methoxy groups -OCH3 is 3. The zero-order valence-electron chi connectivity index (χ0n) is 20.3. The number of ether oxygens (including phenoxy) is 4. The molecule has 1 amide bonds. The Kier molecular flexibility index (Phi) is 8.86. The van der Waals surface area contributed by atoms with Gasteiger partial charge in [-0.25, -0.2) is 0 Å². The Bertz CT molecular complexity index is 962. The molecular formula is C25H35ClN2O5. The topological polar surface area (TPSA) is 83.3 Å². The maximum Gasteiger partial charge on any atom is 0.258 e. The summed E-state index contributed by atoms with van der Waals surface area (Å²) >= 11 is 0. The molecule has 1 atom stereocenters. The number of nitrogens with zero attached hydrogens (tertiary/aromatic N) is 1. The fourth-order valence-corrected chi connectivity index (χ4v) is 4.17. The Morgan fingerprint density at radius 1 is 1.06 bits per heavy atom.